The predicted octanol–water partition coefficient (Wildman–Crippen LogP) is 2.28. The first kappa shape index (κ1) is 17.0. The number of pyridine rings is 1. The van der Waals surface area contributed by atoms with Gasteiger partial charge in [-0.15, -0.1) is 0 Å². The second-order valence-electron chi connectivity index (χ2n) is 5.28. The Morgan fingerprint density at radius 2 is 1.83 bits per heavy atom. The third-order valence-electron chi connectivity index (χ3n) is 3.58. The summed E-state index contributed by atoms with van der Waals surface area (Å²) in [5.41, 5.74) is 7.61. The molecule has 0 atom stereocenters. The van der Waals surface area contributed by atoms with Gasteiger partial charge in [-0.1, -0.05) is 12.1 Å². The van der Waals surface area contributed by atoms with Crippen LogP contribution < -0.4 is 5.73 Å². The van der Waals surface area contributed by atoms with Crippen LogP contribution in [0.25, 0.3) is 11.1 Å². The number of carbonyl (C=O) groups is 1. The van der Waals surface area contributed by atoms with E-state index in [0.29, 0.717) is 5.56 Å². The summed E-state index contributed by atoms with van der Waals surface area (Å²) in [7, 11) is 0. The fraction of sp³-hybridized carbons (Fsp3) is 0.222. The van der Waals surface area contributed by atoms with Crippen LogP contribution in [0.2, 0.25) is 0 Å². The van der Waals surface area contributed by atoms with Crippen molar-refractivity contribution in [1.82, 2.24) is 9.88 Å². The lowest BCUT2D eigenvalue weighted by molar-refractivity contribution is 0.0995. The largest absolute Gasteiger partial charge is 0.364 e. The van der Waals surface area contributed by atoms with Crippen molar-refractivity contribution >= 4 is 5.91 Å². The quantitative estimate of drug-likeness (QED) is 0.854. The van der Waals surface area contributed by atoms with Gasteiger partial charge in [0.15, 0.2) is 6.19 Å². The third-order valence-corrected chi connectivity index (χ3v) is 3.58. The van der Waals surface area contributed by atoms with Crippen LogP contribution in [0.3, 0.4) is 0 Å². The van der Waals surface area contributed by atoms with Crippen LogP contribution in [0.4, 0.5) is 0 Å². The molecule has 2 aromatic rings. The second kappa shape index (κ2) is 8.30. The third kappa shape index (κ3) is 4.56. The maximum absolute atomic E-state index is 11.0. The van der Waals surface area contributed by atoms with Crippen LogP contribution in [0.5, 0.6) is 0 Å². The van der Waals surface area contributed by atoms with E-state index < -0.39 is 5.91 Å². The topological polar surface area (TPSA) is 107 Å². The van der Waals surface area contributed by atoms with E-state index in [9.17, 15) is 4.79 Å². The molecule has 24 heavy (non-hydrogen) atoms. The molecule has 0 radical (unpaired) electrons. The smallest absolute Gasteiger partial charge is 0.267 e. The molecule has 3 rings (SSSR count). The van der Waals surface area contributed by atoms with Gasteiger partial charge in [0, 0.05) is 19.3 Å². The van der Waals surface area contributed by atoms with Gasteiger partial charge in [0.05, 0.1) is 11.6 Å². The van der Waals surface area contributed by atoms with Crippen molar-refractivity contribution in [3.63, 3.8) is 0 Å². The molecule has 2 heterocycles. The normalized spacial score (nSPS) is 12.5. The minimum atomic E-state index is -0.566. The Morgan fingerprint density at radius 3 is 2.42 bits per heavy atom. The molecule has 6 heteroatoms. The van der Waals surface area contributed by atoms with E-state index in [4.69, 9.17) is 16.3 Å². The van der Waals surface area contributed by atoms with Gasteiger partial charge < -0.3 is 10.6 Å². The number of hydrogen-bond acceptors (Lipinski definition) is 5. The molecular weight excluding hydrogens is 302 g/mol. The van der Waals surface area contributed by atoms with Crippen molar-refractivity contribution in [2.45, 2.75) is 12.8 Å². The number of nitrogens with zero attached hydrogens (tertiary/aromatic N) is 4. The number of aromatic nitrogens is 1. The van der Waals surface area contributed by atoms with Crippen molar-refractivity contribution in [3.8, 4) is 23.4 Å². The zero-order valence-corrected chi connectivity index (χ0v) is 13.1. The highest BCUT2D eigenvalue weighted by molar-refractivity contribution is 5.92. The average Bonchev–Trinajstić information content (AvgIpc) is 3.16. The first-order valence-corrected chi connectivity index (χ1v) is 7.55. The Labute approximate surface area is 140 Å². The van der Waals surface area contributed by atoms with Gasteiger partial charge in [-0.25, -0.2) is 0 Å². The molecule has 0 bridgehead atoms. The van der Waals surface area contributed by atoms with E-state index in [1.165, 1.54) is 19.0 Å². The minimum Gasteiger partial charge on any atom is -0.364 e. The summed E-state index contributed by atoms with van der Waals surface area (Å²) in [6.07, 6.45) is 6.02. The van der Waals surface area contributed by atoms with Crippen molar-refractivity contribution < 1.29 is 4.79 Å². The molecule has 2 N–H and O–H groups in total. The summed E-state index contributed by atoms with van der Waals surface area (Å²) in [5.74, 6) is -0.566. The van der Waals surface area contributed by atoms with E-state index in [1.807, 2.05) is 6.07 Å². The van der Waals surface area contributed by atoms with Gasteiger partial charge in [-0.2, -0.15) is 10.5 Å². The number of nitriles is 2. The molecule has 0 unspecified atom stereocenters. The van der Waals surface area contributed by atoms with Crippen LogP contribution in [-0.2, 0) is 0 Å². The fourth-order valence-electron chi connectivity index (χ4n) is 2.33. The van der Waals surface area contributed by atoms with Crippen molar-refractivity contribution in [3.05, 3.63) is 53.9 Å². The summed E-state index contributed by atoms with van der Waals surface area (Å²) in [4.78, 5) is 16.7. The molecule has 120 valence electrons. The summed E-state index contributed by atoms with van der Waals surface area (Å²) >= 11 is 0. The zero-order valence-electron chi connectivity index (χ0n) is 13.1. The number of rotatable bonds is 2. The number of likely N-dealkylation sites (tertiary alicyclic amines) is 1. The monoisotopic (exact) mass is 319 g/mol. The molecule has 0 saturated carbocycles. The molecule has 6 nitrogen and oxygen atoms in total. The Bertz CT molecular complexity index is 798. The van der Waals surface area contributed by atoms with Gasteiger partial charge in [0.1, 0.15) is 5.69 Å². The van der Waals surface area contributed by atoms with E-state index >= 15 is 0 Å². The second-order valence-corrected chi connectivity index (χ2v) is 5.28. The van der Waals surface area contributed by atoms with Gasteiger partial charge in [0.25, 0.3) is 5.91 Å². The van der Waals surface area contributed by atoms with Gasteiger partial charge in [0.2, 0.25) is 0 Å². The van der Waals surface area contributed by atoms with Gasteiger partial charge in [-0.3, -0.25) is 9.78 Å². The SMILES string of the molecule is N#CN1CCCC1.N#Cc1cccc(-c2ccnc(C(N)=O)c2)c1. The molecule has 1 amide bonds. The highest BCUT2D eigenvalue weighted by Crippen LogP contribution is 2.20. The molecule has 1 aliphatic heterocycles. The van der Waals surface area contributed by atoms with Crippen LogP contribution in [0.1, 0.15) is 28.9 Å². The first-order valence-electron chi connectivity index (χ1n) is 7.55. The zero-order chi connectivity index (χ0) is 17.4. The summed E-state index contributed by atoms with van der Waals surface area (Å²) in [6.45, 7) is 1.97. The van der Waals surface area contributed by atoms with Crippen molar-refractivity contribution in [2.75, 3.05) is 13.1 Å². The first-order chi connectivity index (χ1) is 11.6. The lowest BCUT2D eigenvalue weighted by Gasteiger charge is -2.03. The Kier molecular flexibility index (Phi) is 5.88. The predicted molar refractivity (Wildman–Crippen MR) is 89.3 cm³/mol. The molecule has 1 aromatic heterocycles. The number of amides is 1. The van der Waals surface area contributed by atoms with Crippen LogP contribution >= 0.6 is 0 Å². The van der Waals surface area contributed by atoms with E-state index in [2.05, 4.69) is 17.2 Å². The van der Waals surface area contributed by atoms with Gasteiger partial charge >= 0.3 is 0 Å². The van der Waals surface area contributed by atoms with E-state index in [1.54, 1.807) is 35.2 Å². The highest BCUT2D eigenvalue weighted by Gasteiger charge is 2.07. The molecule has 1 fully saturated rings. The summed E-state index contributed by atoms with van der Waals surface area (Å²) in [5, 5.41) is 17.1. The Morgan fingerprint density at radius 1 is 1.12 bits per heavy atom. The number of primary amides is 1. The molecule has 1 aromatic carbocycles. The lowest BCUT2D eigenvalue weighted by Crippen LogP contribution is -2.12. The Balaban J connectivity index is 0.000000249. The van der Waals surface area contributed by atoms with Crippen molar-refractivity contribution in [1.29, 1.82) is 10.5 Å². The molecule has 1 saturated heterocycles. The van der Waals surface area contributed by atoms with Crippen molar-refractivity contribution in [2.24, 2.45) is 5.73 Å². The van der Waals surface area contributed by atoms with E-state index in [0.717, 1.165) is 24.2 Å². The minimum absolute atomic E-state index is 0.213. The van der Waals surface area contributed by atoms with Crippen LogP contribution in [0.15, 0.2) is 42.6 Å². The highest BCUT2D eigenvalue weighted by atomic mass is 16.1. The van der Waals surface area contributed by atoms with Gasteiger partial charge in [-0.05, 0) is 48.2 Å². The van der Waals surface area contributed by atoms with Crippen LogP contribution in [-0.4, -0.2) is 28.9 Å². The van der Waals surface area contributed by atoms with Crippen LogP contribution in [0, 0.1) is 22.8 Å². The standard InChI is InChI=1S/C13H9N3O.C5H8N2/c14-8-9-2-1-3-10(6-9)11-4-5-16-12(7-11)13(15)17;6-5-7-3-1-2-4-7/h1-7H,(H2,15,17);1-4H2. The molecular formula is C18H17N5O. The maximum atomic E-state index is 11.0. The molecule has 1 aliphatic rings. The average molecular weight is 319 g/mol. The number of hydrogen-bond donors (Lipinski definition) is 1. The maximum Gasteiger partial charge on any atom is 0.267 e. The summed E-state index contributed by atoms with van der Waals surface area (Å²) < 4.78 is 0. The Hall–Kier alpha value is -3.38. The molecule has 0 spiro atoms. The summed E-state index contributed by atoms with van der Waals surface area (Å²) in [6, 6.07) is 12.6. The number of benzene rings is 1. The number of carbonyl (C=O) groups excluding carboxylic acids is 1. The van der Waals surface area contributed by atoms with E-state index in [-0.39, 0.29) is 5.69 Å². The fourth-order valence-corrected chi connectivity index (χ4v) is 2.33. The lowest BCUT2D eigenvalue weighted by atomic mass is 10.0. The molecule has 0 aliphatic carbocycles. The number of nitrogens with two attached hydrogens (primary N) is 1.